The van der Waals surface area contributed by atoms with Crippen molar-refractivity contribution in [3.8, 4) is 0 Å². The third kappa shape index (κ3) is 3.78. The molecule has 0 aromatic carbocycles. The first-order chi connectivity index (χ1) is 8.45. The number of carboxylic acids is 1. The molecule has 1 aromatic heterocycles. The van der Waals surface area contributed by atoms with E-state index in [4.69, 9.17) is 15.3 Å². The van der Waals surface area contributed by atoms with Crippen LogP contribution in [0.25, 0.3) is 0 Å². The maximum Gasteiger partial charge on any atom is 0.374 e. The number of carbonyl (C=O) groups is 2. The standard InChI is InChI=1S/C11H15NO5S/c1-6-3-7(17-9(6)11(15)16-2)4-18-5-8(12)10(13)14/h3,8H,4-5,12H2,1-2H3,(H,13,14)/t8-/m1/s1. The summed E-state index contributed by atoms with van der Waals surface area (Å²) < 4.78 is 9.89. The molecule has 100 valence electrons. The van der Waals surface area contributed by atoms with Crippen molar-refractivity contribution < 1.29 is 23.8 Å². The number of esters is 1. The average Bonchev–Trinajstić information content (AvgIpc) is 2.69. The minimum absolute atomic E-state index is 0.177. The van der Waals surface area contributed by atoms with Crippen LogP contribution in [0.2, 0.25) is 0 Å². The smallest absolute Gasteiger partial charge is 0.374 e. The van der Waals surface area contributed by atoms with Crippen LogP contribution in [0, 0.1) is 6.92 Å². The molecule has 0 aliphatic carbocycles. The first kappa shape index (κ1) is 14.6. The van der Waals surface area contributed by atoms with Crippen LogP contribution in [0.1, 0.15) is 21.9 Å². The summed E-state index contributed by atoms with van der Waals surface area (Å²) >= 11 is 1.33. The molecule has 0 amide bonds. The third-order valence-corrected chi connectivity index (χ3v) is 3.28. The van der Waals surface area contributed by atoms with Crippen molar-refractivity contribution in [2.24, 2.45) is 5.73 Å². The zero-order valence-corrected chi connectivity index (χ0v) is 11.0. The van der Waals surface area contributed by atoms with E-state index in [9.17, 15) is 9.59 Å². The molecule has 0 aliphatic heterocycles. The lowest BCUT2D eigenvalue weighted by atomic mass is 10.3. The maximum absolute atomic E-state index is 11.3. The lowest BCUT2D eigenvalue weighted by molar-refractivity contribution is -0.137. The van der Waals surface area contributed by atoms with E-state index in [-0.39, 0.29) is 11.5 Å². The Hall–Kier alpha value is -1.47. The van der Waals surface area contributed by atoms with Gasteiger partial charge in [-0.1, -0.05) is 0 Å². The number of aliphatic carboxylic acids is 1. The van der Waals surface area contributed by atoms with E-state index in [1.165, 1.54) is 18.9 Å². The molecule has 6 nitrogen and oxygen atoms in total. The van der Waals surface area contributed by atoms with Crippen LogP contribution in [0.5, 0.6) is 0 Å². The van der Waals surface area contributed by atoms with Crippen LogP contribution in [0.3, 0.4) is 0 Å². The Labute approximate surface area is 108 Å². The second kappa shape index (κ2) is 6.46. The summed E-state index contributed by atoms with van der Waals surface area (Å²) in [5.41, 5.74) is 6.05. The molecule has 0 saturated carbocycles. The quantitative estimate of drug-likeness (QED) is 0.746. The summed E-state index contributed by atoms with van der Waals surface area (Å²) in [6.07, 6.45) is 0. The first-order valence-electron chi connectivity index (χ1n) is 5.19. The highest BCUT2D eigenvalue weighted by atomic mass is 32.2. The molecule has 1 aromatic rings. The summed E-state index contributed by atoms with van der Waals surface area (Å²) in [7, 11) is 1.28. The number of hydrogen-bond donors (Lipinski definition) is 2. The minimum Gasteiger partial charge on any atom is -0.480 e. The number of furan rings is 1. The summed E-state index contributed by atoms with van der Waals surface area (Å²) in [4.78, 5) is 21.8. The van der Waals surface area contributed by atoms with Gasteiger partial charge >= 0.3 is 11.9 Å². The first-order valence-corrected chi connectivity index (χ1v) is 6.35. The molecule has 0 radical (unpaired) electrons. The molecule has 0 bridgehead atoms. The SMILES string of the molecule is COC(=O)c1oc(CSC[C@@H](N)C(=O)O)cc1C. The van der Waals surface area contributed by atoms with Crippen molar-refractivity contribution >= 4 is 23.7 Å². The Morgan fingerprint density at radius 3 is 2.83 bits per heavy atom. The van der Waals surface area contributed by atoms with Crippen LogP contribution in [0.4, 0.5) is 0 Å². The highest BCUT2D eigenvalue weighted by Gasteiger charge is 2.17. The molecule has 1 rings (SSSR count). The van der Waals surface area contributed by atoms with E-state index in [1.54, 1.807) is 13.0 Å². The van der Waals surface area contributed by atoms with Gasteiger partial charge in [-0.3, -0.25) is 4.79 Å². The fourth-order valence-corrected chi connectivity index (χ4v) is 2.13. The summed E-state index contributed by atoms with van der Waals surface area (Å²) in [5, 5.41) is 8.61. The fraction of sp³-hybridized carbons (Fsp3) is 0.455. The Kier molecular flexibility index (Phi) is 5.24. The van der Waals surface area contributed by atoms with Crippen LogP contribution in [0.15, 0.2) is 10.5 Å². The van der Waals surface area contributed by atoms with E-state index >= 15 is 0 Å². The van der Waals surface area contributed by atoms with Gasteiger partial charge in [0.05, 0.1) is 12.9 Å². The van der Waals surface area contributed by atoms with Crippen LogP contribution < -0.4 is 5.73 Å². The number of hydrogen-bond acceptors (Lipinski definition) is 6. The van der Waals surface area contributed by atoms with Crippen molar-refractivity contribution in [1.82, 2.24) is 0 Å². The highest BCUT2D eigenvalue weighted by Crippen LogP contribution is 2.20. The molecule has 1 heterocycles. The van der Waals surface area contributed by atoms with Gasteiger partial charge < -0.3 is 20.0 Å². The number of thioether (sulfide) groups is 1. The Morgan fingerprint density at radius 1 is 1.61 bits per heavy atom. The summed E-state index contributed by atoms with van der Waals surface area (Å²) in [6.45, 7) is 1.74. The monoisotopic (exact) mass is 273 g/mol. The summed E-state index contributed by atoms with van der Waals surface area (Å²) in [5.74, 6) is -0.0490. The molecule has 3 N–H and O–H groups in total. The molecule has 0 spiro atoms. The average molecular weight is 273 g/mol. The summed E-state index contributed by atoms with van der Waals surface area (Å²) in [6, 6.07) is 0.831. The number of nitrogens with two attached hydrogens (primary N) is 1. The zero-order valence-electron chi connectivity index (χ0n) is 10.1. The largest absolute Gasteiger partial charge is 0.480 e. The van der Waals surface area contributed by atoms with Crippen molar-refractivity contribution in [3.05, 3.63) is 23.2 Å². The fourth-order valence-electron chi connectivity index (χ4n) is 1.27. The Morgan fingerprint density at radius 2 is 2.28 bits per heavy atom. The Balaban J connectivity index is 2.54. The number of methoxy groups -OCH3 is 1. The molecule has 0 unspecified atom stereocenters. The van der Waals surface area contributed by atoms with Gasteiger partial charge in [-0.05, 0) is 13.0 Å². The normalized spacial score (nSPS) is 12.2. The molecular weight excluding hydrogens is 258 g/mol. The van der Waals surface area contributed by atoms with E-state index in [0.717, 1.165) is 0 Å². The second-order valence-electron chi connectivity index (χ2n) is 3.68. The predicted octanol–water partition coefficient (Wildman–Crippen LogP) is 1.02. The van der Waals surface area contributed by atoms with Crippen molar-refractivity contribution in [3.63, 3.8) is 0 Å². The van der Waals surface area contributed by atoms with E-state index in [2.05, 4.69) is 4.74 Å². The van der Waals surface area contributed by atoms with Gasteiger partial charge in [-0.2, -0.15) is 11.8 Å². The Bertz CT molecular complexity index is 443. The molecule has 0 saturated heterocycles. The van der Waals surface area contributed by atoms with Crippen LogP contribution in [-0.4, -0.2) is 35.9 Å². The van der Waals surface area contributed by atoms with Gasteiger partial charge in [0.25, 0.3) is 0 Å². The van der Waals surface area contributed by atoms with E-state index in [0.29, 0.717) is 17.1 Å². The number of carbonyl (C=O) groups excluding carboxylic acids is 1. The van der Waals surface area contributed by atoms with Gasteiger partial charge in [0, 0.05) is 11.3 Å². The molecule has 0 aliphatic rings. The van der Waals surface area contributed by atoms with Gasteiger partial charge in [-0.15, -0.1) is 0 Å². The lowest BCUT2D eigenvalue weighted by Gasteiger charge is -2.04. The second-order valence-corrected chi connectivity index (χ2v) is 4.71. The predicted molar refractivity (Wildman–Crippen MR) is 66.6 cm³/mol. The number of ether oxygens (including phenoxy) is 1. The van der Waals surface area contributed by atoms with Gasteiger partial charge in [0.2, 0.25) is 5.76 Å². The zero-order chi connectivity index (χ0) is 13.7. The van der Waals surface area contributed by atoms with E-state index in [1.807, 2.05) is 0 Å². The molecule has 0 fully saturated rings. The van der Waals surface area contributed by atoms with Crippen LogP contribution in [-0.2, 0) is 15.3 Å². The third-order valence-electron chi connectivity index (χ3n) is 2.20. The van der Waals surface area contributed by atoms with Gasteiger partial charge in [-0.25, -0.2) is 4.79 Å². The number of aryl methyl sites for hydroxylation is 1. The van der Waals surface area contributed by atoms with Crippen molar-refractivity contribution in [1.29, 1.82) is 0 Å². The number of carboxylic acid groups (broad SMARTS) is 1. The van der Waals surface area contributed by atoms with Crippen LogP contribution >= 0.6 is 11.8 Å². The molecule has 1 atom stereocenters. The maximum atomic E-state index is 11.3. The van der Waals surface area contributed by atoms with Crippen molar-refractivity contribution in [2.75, 3.05) is 12.9 Å². The molecule has 18 heavy (non-hydrogen) atoms. The van der Waals surface area contributed by atoms with Gasteiger partial charge in [0.1, 0.15) is 11.8 Å². The van der Waals surface area contributed by atoms with Gasteiger partial charge in [0.15, 0.2) is 0 Å². The molecule has 7 heteroatoms. The van der Waals surface area contributed by atoms with Crippen molar-refractivity contribution in [2.45, 2.75) is 18.7 Å². The lowest BCUT2D eigenvalue weighted by Crippen LogP contribution is -2.32. The highest BCUT2D eigenvalue weighted by molar-refractivity contribution is 7.98. The van der Waals surface area contributed by atoms with E-state index < -0.39 is 18.0 Å². The topological polar surface area (TPSA) is 103 Å². The number of rotatable bonds is 6. The molecular formula is C11H15NO5S. The minimum atomic E-state index is -1.03.